The standard InChI is InChI=1S/C16H18N2O2/c1-2-20-15-8-3-5-12(9-15)11-18-16(19)13-6-4-7-14(17)10-13/h3-10H,2,11,17H2,1H3,(H,18,19). The van der Waals surface area contributed by atoms with Gasteiger partial charge >= 0.3 is 0 Å². The molecule has 4 nitrogen and oxygen atoms in total. The van der Waals surface area contributed by atoms with E-state index in [1.54, 1.807) is 24.3 Å². The molecular formula is C16H18N2O2. The van der Waals surface area contributed by atoms with Gasteiger partial charge in [-0.1, -0.05) is 18.2 Å². The number of anilines is 1. The number of carbonyl (C=O) groups is 1. The average molecular weight is 270 g/mol. The maximum Gasteiger partial charge on any atom is 0.251 e. The summed E-state index contributed by atoms with van der Waals surface area (Å²) < 4.78 is 5.42. The molecule has 0 saturated heterocycles. The number of carbonyl (C=O) groups excluding carboxylic acids is 1. The minimum absolute atomic E-state index is 0.140. The summed E-state index contributed by atoms with van der Waals surface area (Å²) >= 11 is 0. The first-order valence-electron chi connectivity index (χ1n) is 6.54. The number of ether oxygens (including phenoxy) is 1. The Morgan fingerprint density at radius 3 is 2.75 bits per heavy atom. The molecule has 2 aromatic carbocycles. The van der Waals surface area contributed by atoms with Gasteiger partial charge in [0.05, 0.1) is 6.61 Å². The molecule has 104 valence electrons. The second-order valence-corrected chi connectivity index (χ2v) is 4.39. The van der Waals surface area contributed by atoms with Gasteiger partial charge in [-0.3, -0.25) is 4.79 Å². The normalized spacial score (nSPS) is 10.1. The summed E-state index contributed by atoms with van der Waals surface area (Å²) in [6.07, 6.45) is 0. The van der Waals surface area contributed by atoms with Crippen LogP contribution in [0.4, 0.5) is 5.69 Å². The minimum Gasteiger partial charge on any atom is -0.494 e. The Morgan fingerprint density at radius 2 is 2.00 bits per heavy atom. The first-order chi connectivity index (χ1) is 9.69. The lowest BCUT2D eigenvalue weighted by atomic mass is 10.1. The highest BCUT2D eigenvalue weighted by atomic mass is 16.5. The van der Waals surface area contributed by atoms with Crippen LogP contribution in [0.2, 0.25) is 0 Å². The lowest BCUT2D eigenvalue weighted by Crippen LogP contribution is -2.22. The SMILES string of the molecule is CCOc1cccc(CNC(=O)c2cccc(N)c2)c1. The Kier molecular flexibility index (Phi) is 4.60. The summed E-state index contributed by atoms with van der Waals surface area (Å²) in [7, 11) is 0. The third kappa shape index (κ3) is 3.75. The summed E-state index contributed by atoms with van der Waals surface area (Å²) in [5, 5.41) is 2.86. The van der Waals surface area contributed by atoms with Crippen LogP contribution in [0.3, 0.4) is 0 Å². The van der Waals surface area contributed by atoms with E-state index >= 15 is 0 Å². The van der Waals surface area contributed by atoms with E-state index < -0.39 is 0 Å². The fourth-order valence-electron chi connectivity index (χ4n) is 1.88. The maximum atomic E-state index is 12.0. The first kappa shape index (κ1) is 13.9. The van der Waals surface area contributed by atoms with Crippen molar-refractivity contribution in [3.8, 4) is 5.75 Å². The van der Waals surface area contributed by atoms with Crippen molar-refractivity contribution in [3.63, 3.8) is 0 Å². The number of hydrogen-bond acceptors (Lipinski definition) is 3. The van der Waals surface area contributed by atoms with Crippen LogP contribution in [0.15, 0.2) is 48.5 Å². The minimum atomic E-state index is -0.140. The third-order valence-corrected chi connectivity index (χ3v) is 2.81. The molecule has 3 N–H and O–H groups in total. The highest BCUT2D eigenvalue weighted by Gasteiger charge is 2.05. The van der Waals surface area contributed by atoms with Crippen molar-refractivity contribution in [1.29, 1.82) is 0 Å². The van der Waals surface area contributed by atoms with Crippen LogP contribution < -0.4 is 15.8 Å². The van der Waals surface area contributed by atoms with Crippen LogP contribution in [0, 0.1) is 0 Å². The zero-order valence-electron chi connectivity index (χ0n) is 11.4. The second-order valence-electron chi connectivity index (χ2n) is 4.39. The van der Waals surface area contributed by atoms with Gasteiger partial charge in [0.15, 0.2) is 0 Å². The fourth-order valence-corrected chi connectivity index (χ4v) is 1.88. The van der Waals surface area contributed by atoms with Gasteiger partial charge in [0.1, 0.15) is 5.75 Å². The molecular weight excluding hydrogens is 252 g/mol. The Balaban J connectivity index is 1.98. The van der Waals surface area contributed by atoms with Crippen molar-refractivity contribution in [2.75, 3.05) is 12.3 Å². The summed E-state index contributed by atoms with van der Waals surface area (Å²) in [4.78, 5) is 12.0. The van der Waals surface area contributed by atoms with Gasteiger partial charge in [-0.25, -0.2) is 0 Å². The van der Waals surface area contributed by atoms with Crippen molar-refractivity contribution >= 4 is 11.6 Å². The van der Waals surface area contributed by atoms with E-state index in [0.29, 0.717) is 24.4 Å². The number of rotatable bonds is 5. The van der Waals surface area contributed by atoms with E-state index in [0.717, 1.165) is 11.3 Å². The highest BCUT2D eigenvalue weighted by Crippen LogP contribution is 2.13. The Hall–Kier alpha value is -2.49. The van der Waals surface area contributed by atoms with Crippen molar-refractivity contribution in [3.05, 3.63) is 59.7 Å². The summed E-state index contributed by atoms with van der Waals surface area (Å²) in [5.41, 5.74) is 7.79. The fraction of sp³-hybridized carbons (Fsp3) is 0.188. The molecule has 0 aliphatic carbocycles. The maximum absolute atomic E-state index is 12.0. The average Bonchev–Trinajstić information content (AvgIpc) is 2.45. The van der Waals surface area contributed by atoms with E-state index in [9.17, 15) is 4.79 Å². The van der Waals surface area contributed by atoms with Gasteiger partial charge < -0.3 is 15.8 Å². The lowest BCUT2D eigenvalue weighted by Gasteiger charge is -2.08. The van der Waals surface area contributed by atoms with Crippen LogP contribution in [0.5, 0.6) is 5.75 Å². The van der Waals surface area contributed by atoms with Crippen molar-refractivity contribution in [1.82, 2.24) is 5.32 Å². The largest absolute Gasteiger partial charge is 0.494 e. The summed E-state index contributed by atoms with van der Waals surface area (Å²) in [5.74, 6) is 0.669. The first-order valence-corrected chi connectivity index (χ1v) is 6.54. The molecule has 0 fully saturated rings. The van der Waals surface area contributed by atoms with Crippen LogP contribution >= 0.6 is 0 Å². The smallest absolute Gasteiger partial charge is 0.251 e. The number of nitrogens with one attached hydrogen (secondary N) is 1. The van der Waals surface area contributed by atoms with Crippen LogP contribution in [-0.2, 0) is 6.54 Å². The van der Waals surface area contributed by atoms with Gasteiger partial charge in [0.25, 0.3) is 5.91 Å². The number of hydrogen-bond donors (Lipinski definition) is 2. The molecule has 0 unspecified atom stereocenters. The summed E-state index contributed by atoms with van der Waals surface area (Å²) in [6, 6.07) is 14.6. The van der Waals surface area contributed by atoms with Crippen molar-refractivity contribution < 1.29 is 9.53 Å². The molecule has 4 heteroatoms. The van der Waals surface area contributed by atoms with Gasteiger partial charge in [0, 0.05) is 17.8 Å². The van der Waals surface area contributed by atoms with E-state index in [1.165, 1.54) is 0 Å². The zero-order valence-corrected chi connectivity index (χ0v) is 11.4. The van der Waals surface area contributed by atoms with E-state index in [4.69, 9.17) is 10.5 Å². The monoisotopic (exact) mass is 270 g/mol. The van der Waals surface area contributed by atoms with E-state index in [-0.39, 0.29) is 5.91 Å². The molecule has 0 radical (unpaired) electrons. The molecule has 0 saturated carbocycles. The predicted octanol–water partition coefficient (Wildman–Crippen LogP) is 2.60. The van der Waals surface area contributed by atoms with Crippen molar-refractivity contribution in [2.24, 2.45) is 0 Å². The van der Waals surface area contributed by atoms with Crippen LogP contribution in [-0.4, -0.2) is 12.5 Å². The van der Waals surface area contributed by atoms with Crippen molar-refractivity contribution in [2.45, 2.75) is 13.5 Å². The molecule has 1 amide bonds. The molecule has 2 aromatic rings. The molecule has 0 aliphatic heterocycles. The molecule has 0 aromatic heterocycles. The zero-order chi connectivity index (χ0) is 14.4. The number of nitrogens with two attached hydrogens (primary N) is 1. The molecule has 0 aliphatic rings. The Bertz CT molecular complexity index is 597. The molecule has 0 bridgehead atoms. The topological polar surface area (TPSA) is 64.3 Å². The quantitative estimate of drug-likeness (QED) is 0.821. The molecule has 2 rings (SSSR count). The molecule has 20 heavy (non-hydrogen) atoms. The molecule has 0 heterocycles. The van der Waals surface area contributed by atoms with Crippen LogP contribution in [0.1, 0.15) is 22.8 Å². The number of amides is 1. The number of nitrogen functional groups attached to an aromatic ring is 1. The molecule has 0 atom stereocenters. The highest BCUT2D eigenvalue weighted by molar-refractivity contribution is 5.94. The third-order valence-electron chi connectivity index (χ3n) is 2.81. The summed E-state index contributed by atoms with van der Waals surface area (Å²) in [6.45, 7) is 3.02. The number of benzene rings is 2. The molecule has 0 spiro atoms. The predicted molar refractivity (Wildman–Crippen MR) is 79.6 cm³/mol. The van der Waals surface area contributed by atoms with E-state index in [1.807, 2.05) is 31.2 Å². The van der Waals surface area contributed by atoms with Gasteiger partial charge in [-0.2, -0.15) is 0 Å². The van der Waals surface area contributed by atoms with Gasteiger partial charge in [-0.15, -0.1) is 0 Å². The van der Waals surface area contributed by atoms with Crippen LogP contribution in [0.25, 0.3) is 0 Å². The lowest BCUT2D eigenvalue weighted by molar-refractivity contribution is 0.0951. The van der Waals surface area contributed by atoms with Gasteiger partial charge in [0.2, 0.25) is 0 Å². The van der Waals surface area contributed by atoms with Gasteiger partial charge in [-0.05, 0) is 42.8 Å². The Morgan fingerprint density at radius 1 is 1.20 bits per heavy atom. The Labute approximate surface area is 118 Å². The van der Waals surface area contributed by atoms with E-state index in [2.05, 4.69) is 5.32 Å². The second kappa shape index (κ2) is 6.61.